The first-order valence-corrected chi connectivity index (χ1v) is 8.87. The van der Waals surface area contributed by atoms with Gasteiger partial charge in [0.15, 0.2) is 17.4 Å². The van der Waals surface area contributed by atoms with E-state index in [2.05, 4.69) is 0 Å². The molecular weight excluding hydrogens is 368 g/mol. The Kier molecular flexibility index (Phi) is 4.56. The van der Waals surface area contributed by atoms with Gasteiger partial charge in [-0.25, -0.2) is 8.78 Å². The zero-order valence-corrected chi connectivity index (χ0v) is 14.0. The van der Waals surface area contributed by atoms with Crippen molar-refractivity contribution < 1.29 is 30.9 Å². The second kappa shape index (κ2) is 6.68. The maximum absolute atomic E-state index is 13.4. The van der Waals surface area contributed by atoms with Crippen LogP contribution in [0.25, 0.3) is 11.3 Å². The van der Waals surface area contributed by atoms with Crippen molar-refractivity contribution in [3.63, 3.8) is 0 Å². The highest BCUT2D eigenvalue weighted by Crippen LogP contribution is 2.45. The molecule has 0 fully saturated rings. The molecule has 3 aromatic rings. The van der Waals surface area contributed by atoms with Crippen LogP contribution in [0.2, 0.25) is 0 Å². The molecule has 3 N–H and O–H groups in total. The number of furan rings is 1. The van der Waals surface area contributed by atoms with Gasteiger partial charge in [-0.1, -0.05) is 30.3 Å². The Balaban J connectivity index is 1.92. The third-order valence-electron chi connectivity index (χ3n) is 3.44. The third-order valence-corrected chi connectivity index (χ3v) is 4.55. The molecule has 9 heteroatoms. The standard InChI is InChI=1S/C17H13F2NO5S/c18-12-7-6-11(8-13(12)19)15-14(21)16(17(20)24-15)25-26(22,23)9-10-4-2-1-3-5-10/h1-8,21H,9,20H2. The maximum Gasteiger partial charge on any atom is 0.313 e. The van der Waals surface area contributed by atoms with E-state index >= 15 is 0 Å². The zero-order valence-electron chi connectivity index (χ0n) is 13.1. The van der Waals surface area contributed by atoms with Crippen LogP contribution in [0, 0.1) is 11.6 Å². The lowest BCUT2D eigenvalue weighted by atomic mass is 10.1. The fourth-order valence-electron chi connectivity index (χ4n) is 2.27. The van der Waals surface area contributed by atoms with Gasteiger partial charge in [-0.3, -0.25) is 0 Å². The summed E-state index contributed by atoms with van der Waals surface area (Å²) in [6, 6.07) is 11.0. The molecule has 0 radical (unpaired) electrons. The van der Waals surface area contributed by atoms with Crippen molar-refractivity contribution in [2.75, 3.05) is 5.73 Å². The lowest BCUT2D eigenvalue weighted by Crippen LogP contribution is -2.12. The molecule has 0 atom stereocenters. The number of rotatable bonds is 5. The van der Waals surface area contributed by atoms with E-state index in [1.807, 2.05) is 0 Å². The quantitative estimate of drug-likeness (QED) is 0.657. The molecule has 1 heterocycles. The number of nitrogens with two attached hydrogens (primary N) is 1. The van der Waals surface area contributed by atoms with Gasteiger partial charge in [-0.2, -0.15) is 8.42 Å². The summed E-state index contributed by atoms with van der Waals surface area (Å²) in [4.78, 5) is 0. The van der Waals surface area contributed by atoms with E-state index < -0.39 is 44.9 Å². The number of anilines is 1. The number of aromatic hydroxyl groups is 1. The van der Waals surface area contributed by atoms with Gasteiger partial charge in [-0.05, 0) is 23.8 Å². The lowest BCUT2D eigenvalue weighted by Gasteiger charge is -2.06. The summed E-state index contributed by atoms with van der Waals surface area (Å²) in [6.45, 7) is 0. The van der Waals surface area contributed by atoms with Gasteiger partial charge in [-0.15, -0.1) is 0 Å². The highest BCUT2D eigenvalue weighted by atomic mass is 32.2. The summed E-state index contributed by atoms with van der Waals surface area (Å²) in [6.07, 6.45) is 0. The molecule has 6 nitrogen and oxygen atoms in total. The molecule has 0 saturated carbocycles. The van der Waals surface area contributed by atoms with Gasteiger partial charge >= 0.3 is 10.1 Å². The third kappa shape index (κ3) is 3.62. The smallest absolute Gasteiger partial charge is 0.313 e. The van der Waals surface area contributed by atoms with Crippen molar-refractivity contribution in [3.05, 3.63) is 65.7 Å². The van der Waals surface area contributed by atoms with Gasteiger partial charge < -0.3 is 19.4 Å². The van der Waals surface area contributed by atoms with Crippen LogP contribution in [0.5, 0.6) is 11.5 Å². The Bertz CT molecular complexity index is 1050. The summed E-state index contributed by atoms with van der Waals surface area (Å²) in [7, 11) is -4.15. The topological polar surface area (TPSA) is 103 Å². The zero-order chi connectivity index (χ0) is 18.9. The summed E-state index contributed by atoms with van der Waals surface area (Å²) in [5.41, 5.74) is 5.99. The number of hydrogen-bond acceptors (Lipinski definition) is 6. The summed E-state index contributed by atoms with van der Waals surface area (Å²) in [5, 5.41) is 10.2. The molecule has 0 saturated heterocycles. The number of halogens is 2. The van der Waals surface area contributed by atoms with Crippen molar-refractivity contribution >= 4 is 16.0 Å². The predicted molar refractivity (Wildman–Crippen MR) is 89.8 cm³/mol. The van der Waals surface area contributed by atoms with Crippen LogP contribution < -0.4 is 9.92 Å². The predicted octanol–water partition coefficient (Wildman–Crippen LogP) is 3.42. The van der Waals surface area contributed by atoms with Gasteiger partial charge in [0.05, 0.1) is 0 Å². The van der Waals surface area contributed by atoms with Crippen LogP contribution in [0.3, 0.4) is 0 Å². The molecule has 1 aromatic heterocycles. The van der Waals surface area contributed by atoms with Crippen LogP contribution in [0.4, 0.5) is 14.7 Å². The minimum atomic E-state index is -4.15. The first-order chi connectivity index (χ1) is 12.3. The van der Waals surface area contributed by atoms with Crippen LogP contribution in [0.15, 0.2) is 52.9 Å². The molecule has 2 aromatic carbocycles. The Hall–Kier alpha value is -3.07. The molecule has 0 spiro atoms. The van der Waals surface area contributed by atoms with E-state index in [0.29, 0.717) is 5.56 Å². The highest BCUT2D eigenvalue weighted by Gasteiger charge is 2.26. The Labute approximate surface area is 147 Å². The monoisotopic (exact) mass is 381 g/mol. The Morgan fingerprint density at radius 2 is 1.77 bits per heavy atom. The van der Waals surface area contributed by atoms with E-state index in [1.54, 1.807) is 30.3 Å². The van der Waals surface area contributed by atoms with Crippen molar-refractivity contribution in [1.29, 1.82) is 0 Å². The average molecular weight is 381 g/mol. The SMILES string of the molecule is Nc1oc(-c2ccc(F)c(F)c2)c(O)c1OS(=O)(=O)Cc1ccccc1. The molecule has 3 rings (SSSR count). The van der Waals surface area contributed by atoms with Gasteiger partial charge in [0.1, 0.15) is 5.75 Å². The Morgan fingerprint density at radius 3 is 2.42 bits per heavy atom. The minimum absolute atomic E-state index is 0.0385. The Morgan fingerprint density at radius 1 is 1.08 bits per heavy atom. The second-order valence-corrected chi connectivity index (χ2v) is 6.94. The van der Waals surface area contributed by atoms with Crippen molar-refractivity contribution in [3.8, 4) is 22.8 Å². The molecule has 26 heavy (non-hydrogen) atoms. The van der Waals surface area contributed by atoms with Crippen LogP contribution >= 0.6 is 0 Å². The normalized spacial score (nSPS) is 11.5. The summed E-state index contributed by atoms with van der Waals surface area (Å²) in [5.74, 6) is -4.92. The van der Waals surface area contributed by atoms with Crippen LogP contribution in [-0.2, 0) is 15.9 Å². The molecular formula is C17H13F2NO5S. The van der Waals surface area contributed by atoms with Gasteiger partial charge in [0.2, 0.25) is 17.4 Å². The van der Waals surface area contributed by atoms with Gasteiger partial charge in [0, 0.05) is 5.56 Å². The van der Waals surface area contributed by atoms with Crippen molar-refractivity contribution in [2.45, 2.75) is 5.75 Å². The molecule has 0 aliphatic carbocycles. The molecule has 0 bridgehead atoms. The fourth-order valence-corrected chi connectivity index (χ4v) is 3.35. The first kappa shape index (κ1) is 17.7. The van der Waals surface area contributed by atoms with Crippen LogP contribution in [-0.4, -0.2) is 13.5 Å². The van der Waals surface area contributed by atoms with Crippen molar-refractivity contribution in [2.24, 2.45) is 0 Å². The summed E-state index contributed by atoms with van der Waals surface area (Å²) >= 11 is 0. The molecule has 0 aliphatic rings. The number of hydrogen-bond donors (Lipinski definition) is 2. The van der Waals surface area contributed by atoms with Gasteiger partial charge in [0.25, 0.3) is 0 Å². The first-order valence-electron chi connectivity index (χ1n) is 7.29. The van der Waals surface area contributed by atoms with Crippen molar-refractivity contribution in [1.82, 2.24) is 0 Å². The average Bonchev–Trinajstić information content (AvgIpc) is 2.85. The maximum atomic E-state index is 13.4. The summed E-state index contributed by atoms with van der Waals surface area (Å²) < 4.78 is 60.7. The lowest BCUT2D eigenvalue weighted by molar-refractivity contribution is 0.432. The molecule has 136 valence electrons. The second-order valence-electron chi connectivity index (χ2n) is 5.37. The van der Waals surface area contributed by atoms with E-state index in [9.17, 15) is 22.3 Å². The molecule has 0 amide bonds. The van der Waals surface area contributed by atoms with E-state index in [4.69, 9.17) is 14.3 Å². The van der Waals surface area contributed by atoms with E-state index in [0.717, 1.165) is 18.2 Å². The highest BCUT2D eigenvalue weighted by molar-refractivity contribution is 7.86. The van der Waals surface area contributed by atoms with Crippen LogP contribution in [0.1, 0.15) is 5.56 Å². The fraction of sp³-hybridized carbons (Fsp3) is 0.0588. The number of benzene rings is 2. The number of nitrogen functional groups attached to an aromatic ring is 1. The minimum Gasteiger partial charge on any atom is -0.501 e. The molecule has 0 aliphatic heterocycles. The van der Waals surface area contributed by atoms with E-state index in [1.165, 1.54) is 0 Å². The largest absolute Gasteiger partial charge is 0.501 e. The molecule has 0 unspecified atom stereocenters. The van der Waals surface area contributed by atoms with E-state index in [-0.39, 0.29) is 11.3 Å².